The predicted molar refractivity (Wildman–Crippen MR) is 90.3 cm³/mol. The van der Waals surface area contributed by atoms with Gasteiger partial charge in [0.05, 0.1) is 23.6 Å². The van der Waals surface area contributed by atoms with Crippen molar-refractivity contribution >= 4 is 9.84 Å². The van der Waals surface area contributed by atoms with Gasteiger partial charge in [0.15, 0.2) is 9.84 Å². The Morgan fingerprint density at radius 1 is 1.42 bits per heavy atom. The van der Waals surface area contributed by atoms with E-state index in [1.807, 2.05) is 0 Å². The van der Waals surface area contributed by atoms with Gasteiger partial charge in [-0.05, 0) is 25.0 Å². The van der Waals surface area contributed by atoms with Crippen LogP contribution in [0.1, 0.15) is 12.8 Å². The quantitative estimate of drug-likeness (QED) is 0.770. The summed E-state index contributed by atoms with van der Waals surface area (Å²) in [4.78, 5) is -0.494. The number of nitrogens with two attached hydrogens (primary N) is 1. The Labute approximate surface area is 151 Å². The molecule has 0 atom stereocenters. The second kappa shape index (κ2) is 8.58. The summed E-state index contributed by atoms with van der Waals surface area (Å²) in [6, 6.07) is 5.35. The van der Waals surface area contributed by atoms with Crippen molar-refractivity contribution in [2.24, 2.45) is 11.1 Å². The van der Waals surface area contributed by atoms with E-state index in [2.05, 4.69) is 6.07 Å². The first-order valence-corrected chi connectivity index (χ1v) is 9.63. The van der Waals surface area contributed by atoms with Gasteiger partial charge >= 0.3 is 0 Å². The fraction of sp³-hybridized carbons (Fsp3) is 0.471. The van der Waals surface area contributed by atoms with Gasteiger partial charge in [-0.2, -0.15) is 5.26 Å². The third-order valence-corrected chi connectivity index (χ3v) is 6.17. The van der Waals surface area contributed by atoms with Crippen LogP contribution in [0.25, 0.3) is 0 Å². The van der Waals surface area contributed by atoms with Gasteiger partial charge in [0.1, 0.15) is 23.1 Å². The van der Waals surface area contributed by atoms with Gasteiger partial charge in [0, 0.05) is 31.4 Å². The van der Waals surface area contributed by atoms with Crippen LogP contribution in [0.3, 0.4) is 0 Å². The fourth-order valence-electron chi connectivity index (χ4n) is 2.63. The Kier molecular flexibility index (Phi) is 6.69. The largest absolute Gasteiger partial charge is 0.489 e. The Morgan fingerprint density at radius 2 is 2.12 bits per heavy atom. The molecule has 0 saturated carbocycles. The summed E-state index contributed by atoms with van der Waals surface area (Å²) in [6.45, 7) is 0.370. The van der Waals surface area contributed by atoms with E-state index in [4.69, 9.17) is 15.2 Å². The van der Waals surface area contributed by atoms with Crippen LogP contribution in [0.4, 0.5) is 8.78 Å². The zero-order valence-corrected chi connectivity index (χ0v) is 14.9. The average molecular weight is 386 g/mol. The number of hydrogen-bond acceptors (Lipinski definition) is 6. The Bertz CT molecular complexity index is 813. The molecule has 9 heteroatoms. The fourth-order valence-corrected chi connectivity index (χ4v) is 4.49. The number of hydrogen-bond donors (Lipinski definition) is 1. The van der Waals surface area contributed by atoms with Crippen molar-refractivity contribution < 1.29 is 26.7 Å². The molecule has 142 valence electrons. The van der Waals surface area contributed by atoms with Crippen molar-refractivity contribution in [1.82, 2.24) is 0 Å². The number of benzene rings is 1. The number of sulfone groups is 1. The van der Waals surface area contributed by atoms with Crippen molar-refractivity contribution in [3.05, 3.63) is 35.9 Å². The van der Waals surface area contributed by atoms with E-state index in [9.17, 15) is 22.5 Å². The topological polar surface area (TPSA) is 102 Å². The summed E-state index contributed by atoms with van der Waals surface area (Å²) in [6.07, 6.45) is 0.871. The first-order chi connectivity index (χ1) is 12.4. The number of ether oxygens (including phenoxy) is 2. The zero-order valence-electron chi connectivity index (χ0n) is 14.1. The summed E-state index contributed by atoms with van der Waals surface area (Å²) in [7, 11) is -4.02. The van der Waals surface area contributed by atoms with Crippen LogP contribution in [0, 0.1) is 22.6 Å². The van der Waals surface area contributed by atoms with Gasteiger partial charge in [-0.3, -0.25) is 0 Å². The lowest BCUT2D eigenvalue weighted by molar-refractivity contribution is 0.0490. The third-order valence-electron chi connectivity index (χ3n) is 4.23. The van der Waals surface area contributed by atoms with Crippen LogP contribution < -0.4 is 10.5 Å². The van der Waals surface area contributed by atoms with E-state index in [0.29, 0.717) is 19.5 Å². The highest BCUT2D eigenvalue weighted by atomic mass is 32.2. The number of rotatable bonds is 7. The molecule has 26 heavy (non-hydrogen) atoms. The highest BCUT2D eigenvalue weighted by molar-refractivity contribution is 7.91. The Morgan fingerprint density at radius 3 is 2.65 bits per heavy atom. The lowest BCUT2D eigenvalue weighted by Gasteiger charge is -2.30. The van der Waals surface area contributed by atoms with Crippen molar-refractivity contribution in [3.8, 4) is 11.8 Å². The standard InChI is InChI=1S/C17H20F2N2O4S/c18-8-13(9-20)10-25-14-1-2-16(15(19)7-14)26(22,23)12-17(11-21)3-5-24-6-4-17/h1-2,7-8H,3-6,9-10,12,20H2. The molecule has 1 heterocycles. The molecular formula is C17H20F2N2O4S. The normalized spacial score (nSPS) is 17.5. The molecule has 1 aromatic rings. The molecule has 0 amide bonds. The van der Waals surface area contributed by atoms with Crippen LogP contribution in [-0.4, -0.2) is 40.5 Å². The van der Waals surface area contributed by atoms with Crippen molar-refractivity contribution in [1.29, 1.82) is 5.26 Å². The van der Waals surface area contributed by atoms with Gasteiger partial charge < -0.3 is 15.2 Å². The summed E-state index contributed by atoms with van der Waals surface area (Å²) in [5.74, 6) is -1.41. The average Bonchev–Trinajstić information content (AvgIpc) is 2.62. The van der Waals surface area contributed by atoms with Crippen molar-refractivity contribution in [3.63, 3.8) is 0 Å². The van der Waals surface area contributed by atoms with Crippen LogP contribution in [0.15, 0.2) is 35.0 Å². The zero-order chi connectivity index (χ0) is 19.2. The lowest BCUT2D eigenvalue weighted by atomic mass is 9.84. The van der Waals surface area contributed by atoms with Crippen LogP contribution in [-0.2, 0) is 14.6 Å². The number of nitriles is 1. The molecule has 1 aliphatic heterocycles. The minimum atomic E-state index is -4.02. The summed E-state index contributed by atoms with van der Waals surface area (Å²) in [5.41, 5.74) is 4.39. The summed E-state index contributed by atoms with van der Waals surface area (Å²) in [5, 5.41) is 9.40. The maximum Gasteiger partial charge on any atom is 0.182 e. The first-order valence-electron chi connectivity index (χ1n) is 7.98. The van der Waals surface area contributed by atoms with E-state index >= 15 is 0 Å². The molecule has 0 aliphatic carbocycles. The molecule has 1 fully saturated rings. The van der Waals surface area contributed by atoms with Crippen LogP contribution >= 0.6 is 0 Å². The molecule has 2 N–H and O–H groups in total. The third kappa shape index (κ3) is 4.78. The SMILES string of the molecule is N#CC1(CS(=O)(=O)c2ccc(OCC(=CF)CN)cc2F)CCOCC1. The first kappa shape index (κ1) is 20.3. The van der Waals surface area contributed by atoms with Crippen LogP contribution in [0.5, 0.6) is 5.75 Å². The molecule has 0 bridgehead atoms. The summed E-state index contributed by atoms with van der Waals surface area (Å²) >= 11 is 0. The van der Waals surface area contributed by atoms with Crippen molar-refractivity contribution in [2.75, 3.05) is 32.1 Å². The van der Waals surface area contributed by atoms with E-state index in [1.165, 1.54) is 6.07 Å². The minimum Gasteiger partial charge on any atom is -0.489 e. The Balaban J connectivity index is 2.18. The molecule has 6 nitrogen and oxygen atoms in total. The molecule has 0 spiro atoms. The molecule has 0 aromatic heterocycles. The van der Waals surface area contributed by atoms with Gasteiger partial charge in [-0.25, -0.2) is 17.2 Å². The monoisotopic (exact) mass is 386 g/mol. The summed E-state index contributed by atoms with van der Waals surface area (Å²) < 4.78 is 62.4. The van der Waals surface area contributed by atoms with E-state index in [0.717, 1.165) is 12.1 Å². The van der Waals surface area contributed by atoms with E-state index in [-0.39, 0.29) is 37.3 Å². The van der Waals surface area contributed by atoms with Crippen molar-refractivity contribution in [2.45, 2.75) is 17.7 Å². The molecule has 1 saturated heterocycles. The number of nitrogens with zero attached hydrogens (tertiary/aromatic N) is 1. The molecule has 2 rings (SSSR count). The highest BCUT2D eigenvalue weighted by Crippen LogP contribution is 2.34. The van der Waals surface area contributed by atoms with Gasteiger partial charge in [0.2, 0.25) is 0 Å². The molecule has 0 unspecified atom stereocenters. The predicted octanol–water partition coefficient (Wildman–Crippen LogP) is 2.11. The van der Waals surface area contributed by atoms with Gasteiger partial charge in [-0.1, -0.05) is 0 Å². The maximum atomic E-state index is 14.3. The second-order valence-corrected chi connectivity index (χ2v) is 8.07. The Hall–Kier alpha value is -2.02. The van der Waals surface area contributed by atoms with Gasteiger partial charge in [0.25, 0.3) is 0 Å². The van der Waals surface area contributed by atoms with Crippen LogP contribution in [0.2, 0.25) is 0 Å². The van der Waals surface area contributed by atoms with E-state index in [1.54, 1.807) is 0 Å². The minimum absolute atomic E-state index is 0.0502. The smallest absolute Gasteiger partial charge is 0.182 e. The highest BCUT2D eigenvalue weighted by Gasteiger charge is 2.39. The molecule has 1 aliphatic rings. The van der Waals surface area contributed by atoms with Gasteiger partial charge in [-0.15, -0.1) is 0 Å². The molecule has 1 aromatic carbocycles. The second-order valence-electron chi connectivity index (χ2n) is 6.12. The maximum absolute atomic E-state index is 14.3. The molecule has 0 radical (unpaired) electrons. The van der Waals surface area contributed by atoms with E-state index < -0.39 is 31.7 Å². The lowest BCUT2D eigenvalue weighted by Crippen LogP contribution is -2.35. The molecular weight excluding hydrogens is 366 g/mol. The number of halogens is 2.